The lowest BCUT2D eigenvalue weighted by Crippen LogP contribution is -2.64. The molecule has 0 heterocycles. The molecule has 4 heteroatoms. The number of carbonyl (C=O) groups excluding carboxylic acids is 2. The first-order valence-electron chi connectivity index (χ1n) is 15.3. The van der Waals surface area contributed by atoms with E-state index in [1.807, 2.05) is 0 Å². The monoisotopic (exact) mass is 524 g/mol. The lowest BCUT2D eigenvalue weighted by molar-refractivity contribution is -0.199. The third kappa shape index (κ3) is 3.71. The molecule has 5 aliphatic carbocycles. The molecule has 38 heavy (non-hydrogen) atoms. The maximum Gasteiger partial charge on any atom is 0.315 e. The number of methoxy groups -OCH3 is 1. The molecule has 0 aliphatic heterocycles. The van der Waals surface area contributed by atoms with Gasteiger partial charge in [0.2, 0.25) is 0 Å². The van der Waals surface area contributed by atoms with Gasteiger partial charge in [-0.1, -0.05) is 65.8 Å². The Kier molecular flexibility index (Phi) is 6.89. The third-order valence-electron chi connectivity index (χ3n) is 13.3. The van der Waals surface area contributed by atoms with Gasteiger partial charge in [0.05, 0.1) is 6.10 Å². The van der Waals surface area contributed by atoms with E-state index in [2.05, 4.69) is 54.2 Å². The first kappa shape index (κ1) is 28.1. The Morgan fingerprint density at radius 1 is 1.03 bits per heavy atom. The summed E-state index contributed by atoms with van der Waals surface area (Å²) in [7, 11) is 1.80. The number of allylic oxidation sites excluding steroid dienone is 2. The number of carbonyl (C=O) groups is 2. The topological polar surface area (TPSA) is 52.6 Å². The van der Waals surface area contributed by atoms with Crippen LogP contribution in [0.25, 0.3) is 0 Å². The number of hydrogen-bond acceptors (Lipinski definition) is 4. The van der Waals surface area contributed by atoms with Gasteiger partial charge in [0.25, 0.3) is 0 Å². The molecule has 0 bridgehead atoms. The van der Waals surface area contributed by atoms with Gasteiger partial charge in [-0.15, -0.1) is 0 Å². The van der Waals surface area contributed by atoms with Crippen LogP contribution in [0.1, 0.15) is 99.3 Å². The zero-order chi connectivity index (χ0) is 27.7. The summed E-state index contributed by atoms with van der Waals surface area (Å²) in [4.78, 5) is 26.4. The lowest BCUT2D eigenvalue weighted by atomic mass is 9.36. The van der Waals surface area contributed by atoms with Gasteiger partial charge >= 0.3 is 5.97 Å². The normalized spacial score (nSPS) is 49.3. The molecule has 212 valence electrons. The fraction of sp³-hybridized carbons (Fsp3) is 0.824. The van der Waals surface area contributed by atoms with Crippen molar-refractivity contribution < 1.29 is 19.1 Å². The minimum absolute atomic E-state index is 0.0879. The van der Waals surface area contributed by atoms with Crippen molar-refractivity contribution in [2.75, 3.05) is 13.7 Å². The maximum atomic E-state index is 13.9. The zero-order valence-corrected chi connectivity index (χ0v) is 25.1. The zero-order valence-electron chi connectivity index (χ0n) is 25.1. The lowest BCUT2D eigenvalue weighted by Gasteiger charge is -2.68. The molecule has 4 nitrogen and oxygen atoms in total. The fourth-order valence-electron chi connectivity index (χ4n) is 11.0. The smallest absolute Gasteiger partial charge is 0.315 e. The molecule has 10 atom stereocenters. The molecule has 0 spiro atoms. The van der Waals surface area contributed by atoms with Crippen LogP contribution in [-0.4, -0.2) is 32.1 Å². The van der Waals surface area contributed by atoms with Crippen molar-refractivity contribution in [3.05, 3.63) is 24.3 Å². The van der Waals surface area contributed by atoms with Crippen LogP contribution in [0.4, 0.5) is 0 Å². The van der Waals surface area contributed by atoms with Gasteiger partial charge in [-0.05, 0) is 104 Å². The van der Waals surface area contributed by atoms with Gasteiger partial charge in [-0.25, -0.2) is 0 Å². The van der Waals surface area contributed by atoms with Crippen LogP contribution in [0.3, 0.4) is 0 Å². The van der Waals surface area contributed by atoms with Crippen molar-refractivity contribution in [2.24, 2.45) is 56.7 Å². The van der Waals surface area contributed by atoms with E-state index in [4.69, 9.17) is 9.47 Å². The van der Waals surface area contributed by atoms with Gasteiger partial charge in [-0.2, -0.15) is 0 Å². The molecule has 0 aromatic heterocycles. The molecule has 0 saturated heterocycles. The maximum absolute atomic E-state index is 13.9. The molecule has 0 N–H and O–H groups in total. The standard InChI is InChI=1S/C34H52O4/c1-9-18-38-29(36)34-17-16-30(3,4)20-25(34)23-10-11-26-31(5,24(23)19-28(34)37-8)15-13-27-32(26,6)14-12-22(2)33(27,7)21-35/h9-10,21-22,24-28H,1,11-20H2,2-8H3/t22-,24+,25?,26?,27+,28?,31+,32?,33-,34+/m0/s1. The highest BCUT2D eigenvalue weighted by Crippen LogP contribution is 2.72. The minimum Gasteiger partial charge on any atom is -0.461 e. The second-order valence-electron chi connectivity index (χ2n) is 15.4. The first-order chi connectivity index (χ1) is 17.8. The highest BCUT2D eigenvalue weighted by atomic mass is 16.5. The largest absolute Gasteiger partial charge is 0.461 e. The van der Waals surface area contributed by atoms with E-state index >= 15 is 0 Å². The van der Waals surface area contributed by atoms with Crippen molar-refractivity contribution in [3.8, 4) is 0 Å². The van der Waals surface area contributed by atoms with E-state index in [0.29, 0.717) is 23.7 Å². The highest BCUT2D eigenvalue weighted by molar-refractivity contribution is 5.79. The third-order valence-corrected chi connectivity index (χ3v) is 13.3. The summed E-state index contributed by atoms with van der Waals surface area (Å²) in [6.45, 7) is 18.4. The van der Waals surface area contributed by atoms with Crippen LogP contribution in [0, 0.1) is 56.7 Å². The first-order valence-corrected chi connectivity index (χ1v) is 15.3. The quantitative estimate of drug-likeness (QED) is 0.211. The Labute approximate surface area is 231 Å². The van der Waals surface area contributed by atoms with Gasteiger partial charge in [0.1, 0.15) is 18.3 Å². The minimum atomic E-state index is -0.615. The summed E-state index contributed by atoms with van der Waals surface area (Å²) in [5, 5.41) is 0. The van der Waals surface area contributed by atoms with Gasteiger partial charge < -0.3 is 14.3 Å². The summed E-state index contributed by atoms with van der Waals surface area (Å²) in [5.41, 5.74) is 1.15. The summed E-state index contributed by atoms with van der Waals surface area (Å²) in [5.74, 6) is 1.90. The van der Waals surface area contributed by atoms with Crippen molar-refractivity contribution in [1.82, 2.24) is 0 Å². The fourth-order valence-corrected chi connectivity index (χ4v) is 11.0. The summed E-state index contributed by atoms with van der Waals surface area (Å²) in [6, 6.07) is 0. The van der Waals surface area contributed by atoms with E-state index in [-0.39, 0.29) is 46.3 Å². The molecule has 4 fully saturated rings. The van der Waals surface area contributed by atoms with Crippen molar-refractivity contribution >= 4 is 12.3 Å². The summed E-state index contributed by atoms with van der Waals surface area (Å²) < 4.78 is 12.1. The van der Waals surface area contributed by atoms with Crippen LogP contribution in [0.2, 0.25) is 0 Å². The van der Waals surface area contributed by atoms with Gasteiger partial charge in [0, 0.05) is 12.5 Å². The second-order valence-corrected chi connectivity index (χ2v) is 15.4. The van der Waals surface area contributed by atoms with Crippen LogP contribution >= 0.6 is 0 Å². The predicted octanol–water partition coefficient (Wildman–Crippen LogP) is 7.57. The highest BCUT2D eigenvalue weighted by Gasteiger charge is 2.68. The van der Waals surface area contributed by atoms with Crippen LogP contribution in [0.15, 0.2) is 24.3 Å². The van der Waals surface area contributed by atoms with E-state index < -0.39 is 5.41 Å². The average molecular weight is 525 g/mol. The molecule has 4 unspecified atom stereocenters. The van der Waals surface area contributed by atoms with E-state index in [1.54, 1.807) is 13.2 Å². The Hall–Kier alpha value is -1.42. The molecule has 4 saturated carbocycles. The van der Waals surface area contributed by atoms with Gasteiger partial charge in [-0.3, -0.25) is 4.79 Å². The summed E-state index contributed by atoms with van der Waals surface area (Å²) in [6.07, 6.45) is 14.8. The molecule has 0 amide bonds. The second kappa shape index (κ2) is 9.32. The van der Waals surface area contributed by atoms with Crippen molar-refractivity contribution in [3.63, 3.8) is 0 Å². The number of ether oxygens (including phenoxy) is 2. The number of hydrogen-bond donors (Lipinski definition) is 0. The van der Waals surface area contributed by atoms with E-state index in [9.17, 15) is 9.59 Å². The molecule has 0 aromatic carbocycles. The Morgan fingerprint density at radius 3 is 2.39 bits per heavy atom. The number of rotatable bonds is 5. The molecular formula is C34H52O4. The van der Waals surface area contributed by atoms with Crippen LogP contribution in [0.5, 0.6) is 0 Å². The predicted molar refractivity (Wildman–Crippen MR) is 151 cm³/mol. The number of aldehydes is 1. The summed E-state index contributed by atoms with van der Waals surface area (Å²) >= 11 is 0. The molecule has 5 aliphatic rings. The van der Waals surface area contributed by atoms with E-state index in [1.165, 1.54) is 18.3 Å². The molecule has 0 radical (unpaired) electrons. The Morgan fingerprint density at radius 2 is 1.74 bits per heavy atom. The number of fused-ring (bicyclic) bond motifs is 7. The van der Waals surface area contributed by atoms with Crippen molar-refractivity contribution in [2.45, 2.75) is 105 Å². The number of esters is 1. The molecule has 5 rings (SSSR count). The van der Waals surface area contributed by atoms with Crippen LogP contribution < -0.4 is 0 Å². The SMILES string of the molecule is C=CCOC(=O)[C@]12CCC(C)(C)CC1C1=CCC3C4(C)CC[C@H](C)[C@](C)(C=O)[C@@H]4CC[C@]3(C)[C@@H]1CC2OC. The van der Waals surface area contributed by atoms with Crippen molar-refractivity contribution in [1.29, 1.82) is 0 Å². The Balaban J connectivity index is 1.59. The Bertz CT molecular complexity index is 1010. The van der Waals surface area contributed by atoms with Crippen LogP contribution in [-0.2, 0) is 19.1 Å². The van der Waals surface area contributed by atoms with Gasteiger partial charge in [0.15, 0.2) is 0 Å². The average Bonchev–Trinajstić information content (AvgIpc) is 2.88. The van der Waals surface area contributed by atoms with E-state index in [0.717, 1.165) is 51.4 Å². The molecular weight excluding hydrogens is 472 g/mol. The molecule has 0 aromatic rings.